The molecule has 0 amide bonds. The van der Waals surface area contributed by atoms with Crippen molar-refractivity contribution in [2.75, 3.05) is 26.7 Å². The topological polar surface area (TPSA) is 75.5 Å². The van der Waals surface area contributed by atoms with Crippen LogP contribution in [0.1, 0.15) is 43.4 Å². The summed E-state index contributed by atoms with van der Waals surface area (Å²) in [6, 6.07) is 8.12. The van der Waals surface area contributed by atoms with E-state index in [0.29, 0.717) is 18.4 Å². The van der Waals surface area contributed by atoms with E-state index in [0.717, 1.165) is 67.5 Å². The molecular formula is C27H31N3O3S. The smallest absolute Gasteiger partial charge is 0.303 e. The quantitative estimate of drug-likeness (QED) is 0.443. The Morgan fingerprint density at radius 2 is 2.18 bits per heavy atom. The maximum Gasteiger partial charge on any atom is 0.303 e. The molecule has 7 heteroatoms. The number of ether oxygens (including phenoxy) is 1. The number of likely N-dealkylation sites (tertiary alicyclic amines) is 1. The number of pyridine rings is 1. The van der Waals surface area contributed by atoms with Gasteiger partial charge in [-0.05, 0) is 86.2 Å². The van der Waals surface area contributed by atoms with Gasteiger partial charge in [0.05, 0.1) is 24.7 Å². The molecule has 6 nitrogen and oxygen atoms in total. The molecule has 178 valence electrons. The second kappa shape index (κ2) is 12.0. The summed E-state index contributed by atoms with van der Waals surface area (Å²) in [5.74, 6) is 7.43. The third kappa shape index (κ3) is 6.55. The number of carboxylic acid groups (broad SMARTS) is 1. The van der Waals surface area contributed by atoms with Crippen LogP contribution in [-0.2, 0) is 11.2 Å². The van der Waals surface area contributed by atoms with Gasteiger partial charge in [0.2, 0.25) is 0 Å². The summed E-state index contributed by atoms with van der Waals surface area (Å²) in [5.41, 5.74) is 4.90. The zero-order valence-corrected chi connectivity index (χ0v) is 20.4. The second-order valence-corrected chi connectivity index (χ2v) is 9.62. The largest absolute Gasteiger partial charge is 0.497 e. The Balaban J connectivity index is 1.35. The molecule has 0 bridgehead atoms. The first kappa shape index (κ1) is 24.2. The number of carbonyl (C=O) groups is 1. The maximum absolute atomic E-state index is 11.3. The maximum atomic E-state index is 11.3. The van der Waals surface area contributed by atoms with Crippen LogP contribution in [0.2, 0.25) is 0 Å². The molecule has 1 N–H and O–H groups in total. The molecule has 1 aromatic carbocycles. The predicted octanol–water partition coefficient (Wildman–Crippen LogP) is 4.88. The molecule has 0 saturated carbocycles. The van der Waals surface area contributed by atoms with Gasteiger partial charge in [0.25, 0.3) is 0 Å². The van der Waals surface area contributed by atoms with Crippen LogP contribution >= 0.6 is 11.3 Å². The fourth-order valence-electron chi connectivity index (χ4n) is 4.91. The Bertz CT molecular complexity index is 1150. The lowest BCUT2D eigenvalue weighted by Crippen LogP contribution is -2.41. The first-order valence-corrected chi connectivity index (χ1v) is 12.8. The molecule has 3 aromatic rings. The number of thiazole rings is 1. The molecule has 2 aromatic heterocycles. The summed E-state index contributed by atoms with van der Waals surface area (Å²) in [5, 5.41) is 12.4. The van der Waals surface area contributed by atoms with E-state index >= 15 is 0 Å². The molecule has 2 atom stereocenters. The standard InChI is InChI=1S/C27H31N3O3S/c1-33-24-8-9-26-25(16-24)21(11-13-28-26)5-2-4-20-12-15-30(17-22(20)7-10-27(31)32)14-3-6-23-18-34-19-29-23/h8-9,11,13,16,18-20,22H,2,4-5,7,10,12,14-15,17H2,1H3,(H,31,32). The van der Waals surface area contributed by atoms with Gasteiger partial charge in [0, 0.05) is 29.9 Å². The summed E-state index contributed by atoms with van der Waals surface area (Å²) in [6.07, 6.45) is 7.10. The molecule has 34 heavy (non-hydrogen) atoms. The lowest BCUT2D eigenvalue weighted by atomic mass is 9.79. The van der Waals surface area contributed by atoms with Crippen LogP contribution in [0.5, 0.6) is 5.75 Å². The number of fused-ring (bicyclic) bond motifs is 1. The minimum atomic E-state index is -0.712. The lowest BCUT2D eigenvalue weighted by molar-refractivity contribution is -0.137. The van der Waals surface area contributed by atoms with Crippen molar-refractivity contribution in [1.82, 2.24) is 14.9 Å². The third-order valence-corrected chi connectivity index (χ3v) is 7.30. The Morgan fingerprint density at radius 3 is 2.97 bits per heavy atom. The Labute approximate surface area is 205 Å². The summed E-state index contributed by atoms with van der Waals surface area (Å²) < 4.78 is 5.40. The number of methoxy groups -OCH3 is 1. The van der Waals surface area contributed by atoms with E-state index in [1.54, 1.807) is 24.0 Å². The van der Waals surface area contributed by atoms with E-state index in [2.05, 4.69) is 38.8 Å². The molecule has 0 spiro atoms. The molecule has 4 rings (SSSR count). The fraction of sp³-hybridized carbons (Fsp3) is 0.444. The van der Waals surface area contributed by atoms with Crippen molar-refractivity contribution in [1.29, 1.82) is 0 Å². The highest BCUT2D eigenvalue weighted by Crippen LogP contribution is 2.32. The van der Waals surface area contributed by atoms with Gasteiger partial charge in [0.1, 0.15) is 11.4 Å². The van der Waals surface area contributed by atoms with Crippen LogP contribution in [0.3, 0.4) is 0 Å². The summed E-state index contributed by atoms with van der Waals surface area (Å²) in [6.45, 7) is 2.63. The van der Waals surface area contributed by atoms with Gasteiger partial charge in [-0.25, -0.2) is 4.98 Å². The molecule has 1 fully saturated rings. The zero-order valence-electron chi connectivity index (χ0n) is 19.6. The Kier molecular flexibility index (Phi) is 8.51. The first-order chi connectivity index (χ1) is 16.6. The summed E-state index contributed by atoms with van der Waals surface area (Å²) in [4.78, 5) is 22.3. The SMILES string of the molecule is COc1ccc2nccc(CCCC3CCN(CC#Cc4cscn4)CC3CCC(=O)O)c2c1. The van der Waals surface area contributed by atoms with Crippen molar-refractivity contribution in [3.05, 3.63) is 52.6 Å². The van der Waals surface area contributed by atoms with Crippen molar-refractivity contribution in [3.63, 3.8) is 0 Å². The van der Waals surface area contributed by atoms with Crippen molar-refractivity contribution in [3.8, 4) is 17.6 Å². The Morgan fingerprint density at radius 1 is 1.26 bits per heavy atom. The number of hydrogen-bond donors (Lipinski definition) is 1. The third-order valence-electron chi connectivity index (χ3n) is 6.72. The lowest BCUT2D eigenvalue weighted by Gasteiger charge is -2.38. The Hall–Kier alpha value is -2.95. The fourth-order valence-corrected chi connectivity index (χ4v) is 5.40. The highest BCUT2D eigenvalue weighted by molar-refractivity contribution is 7.07. The number of hydrogen-bond acceptors (Lipinski definition) is 6. The average Bonchev–Trinajstić information content (AvgIpc) is 3.37. The number of aryl methyl sites for hydroxylation is 1. The average molecular weight is 478 g/mol. The minimum Gasteiger partial charge on any atom is -0.497 e. The zero-order chi connectivity index (χ0) is 23.8. The van der Waals surface area contributed by atoms with E-state index in [1.807, 2.05) is 23.7 Å². The van der Waals surface area contributed by atoms with Gasteiger partial charge >= 0.3 is 5.97 Å². The van der Waals surface area contributed by atoms with Crippen molar-refractivity contribution < 1.29 is 14.6 Å². The predicted molar refractivity (Wildman–Crippen MR) is 135 cm³/mol. The van der Waals surface area contributed by atoms with Crippen molar-refractivity contribution >= 4 is 28.2 Å². The van der Waals surface area contributed by atoms with Crippen LogP contribution in [0.15, 0.2) is 41.4 Å². The highest BCUT2D eigenvalue weighted by Gasteiger charge is 2.28. The molecule has 2 unspecified atom stereocenters. The van der Waals surface area contributed by atoms with Gasteiger partial charge in [0.15, 0.2) is 0 Å². The van der Waals surface area contributed by atoms with E-state index in [9.17, 15) is 9.90 Å². The van der Waals surface area contributed by atoms with E-state index < -0.39 is 5.97 Å². The molecule has 1 saturated heterocycles. The number of aromatic nitrogens is 2. The minimum absolute atomic E-state index is 0.230. The molecule has 1 aliphatic heterocycles. The molecule has 0 radical (unpaired) electrons. The van der Waals surface area contributed by atoms with Crippen molar-refractivity contribution in [2.24, 2.45) is 11.8 Å². The number of aliphatic carboxylic acids is 1. The van der Waals surface area contributed by atoms with Crippen LogP contribution in [0, 0.1) is 23.7 Å². The van der Waals surface area contributed by atoms with Crippen LogP contribution in [0.4, 0.5) is 0 Å². The van der Waals surface area contributed by atoms with Crippen LogP contribution in [0.25, 0.3) is 10.9 Å². The monoisotopic (exact) mass is 477 g/mol. The molecule has 1 aliphatic rings. The van der Waals surface area contributed by atoms with Crippen LogP contribution < -0.4 is 4.74 Å². The number of rotatable bonds is 9. The van der Waals surface area contributed by atoms with Gasteiger partial charge < -0.3 is 9.84 Å². The van der Waals surface area contributed by atoms with Gasteiger partial charge in [-0.15, -0.1) is 11.3 Å². The number of nitrogens with zero attached hydrogens (tertiary/aromatic N) is 3. The second-order valence-electron chi connectivity index (χ2n) is 8.90. The van der Waals surface area contributed by atoms with E-state index in [4.69, 9.17) is 4.74 Å². The number of piperidine rings is 1. The molecule has 0 aliphatic carbocycles. The van der Waals surface area contributed by atoms with Crippen LogP contribution in [-0.4, -0.2) is 52.7 Å². The van der Waals surface area contributed by atoms with Gasteiger partial charge in [-0.2, -0.15) is 0 Å². The van der Waals surface area contributed by atoms with Gasteiger partial charge in [-0.1, -0.05) is 5.92 Å². The highest BCUT2D eigenvalue weighted by atomic mass is 32.1. The van der Waals surface area contributed by atoms with Gasteiger partial charge in [-0.3, -0.25) is 14.7 Å². The summed E-state index contributed by atoms with van der Waals surface area (Å²) in [7, 11) is 1.69. The summed E-state index contributed by atoms with van der Waals surface area (Å²) >= 11 is 1.55. The van der Waals surface area contributed by atoms with Crippen molar-refractivity contribution in [2.45, 2.75) is 38.5 Å². The molecule has 3 heterocycles. The number of carboxylic acids is 1. The molecular weight excluding hydrogens is 446 g/mol. The normalized spacial score (nSPS) is 18.4. The number of benzene rings is 1. The first-order valence-electron chi connectivity index (χ1n) is 11.8. The van der Waals surface area contributed by atoms with E-state index in [-0.39, 0.29) is 6.42 Å². The van der Waals surface area contributed by atoms with E-state index in [1.165, 1.54) is 5.56 Å².